The van der Waals surface area contributed by atoms with Gasteiger partial charge in [-0.15, -0.1) is 0 Å². The van der Waals surface area contributed by atoms with Crippen LogP contribution in [0.15, 0.2) is 23.2 Å². The van der Waals surface area contributed by atoms with Crippen molar-refractivity contribution in [2.45, 2.75) is 51.5 Å². The first-order chi connectivity index (χ1) is 9.86. The van der Waals surface area contributed by atoms with Crippen molar-refractivity contribution in [3.8, 4) is 0 Å². The molecule has 1 rings (SSSR count). The van der Waals surface area contributed by atoms with Crippen molar-refractivity contribution in [3.63, 3.8) is 0 Å². The monoisotopic (exact) mass is 313 g/mol. The third-order valence-electron chi connectivity index (χ3n) is 3.49. The predicted molar refractivity (Wildman–Crippen MR) is 86.9 cm³/mol. The quantitative estimate of drug-likeness (QED) is 0.801. The molecule has 0 spiro atoms. The summed E-state index contributed by atoms with van der Waals surface area (Å²) in [5.74, 6) is 0.941. The van der Waals surface area contributed by atoms with Gasteiger partial charge in [0.15, 0.2) is 0 Å². The first kappa shape index (κ1) is 17.9. The molecular weight excluding hydrogens is 286 g/mol. The smallest absolute Gasteiger partial charge is 0.244 e. The average molecular weight is 313 g/mol. The first-order valence-electron chi connectivity index (χ1n) is 7.52. The molecule has 120 valence electrons. The predicted octanol–water partition coefficient (Wildman–Crippen LogP) is 2.96. The van der Waals surface area contributed by atoms with Crippen LogP contribution >= 0.6 is 0 Å². The highest BCUT2D eigenvalue weighted by Gasteiger charge is 2.30. The van der Waals surface area contributed by atoms with E-state index in [9.17, 15) is 8.42 Å². The number of nitrogens with one attached hydrogen (secondary N) is 1. The zero-order valence-electron chi connectivity index (χ0n) is 13.6. The normalized spacial score (nSPS) is 12.4. The lowest BCUT2D eigenvalue weighted by Crippen LogP contribution is -2.42. The summed E-state index contributed by atoms with van der Waals surface area (Å²) >= 11 is 0. The molecule has 0 bridgehead atoms. The molecule has 0 atom stereocenters. The van der Waals surface area contributed by atoms with Crippen LogP contribution in [0, 0.1) is 5.92 Å². The minimum absolute atomic E-state index is 0.0291. The Labute approximate surface area is 128 Å². The molecule has 6 heteroatoms. The van der Waals surface area contributed by atoms with Crippen molar-refractivity contribution < 1.29 is 8.42 Å². The molecule has 5 nitrogen and oxygen atoms in total. The molecule has 0 aromatic carbocycles. The number of hydrogen-bond acceptors (Lipinski definition) is 4. The first-order valence-corrected chi connectivity index (χ1v) is 8.96. The number of pyridine rings is 1. The number of rotatable bonds is 8. The summed E-state index contributed by atoms with van der Waals surface area (Å²) in [6.07, 6.45) is 3.05. The van der Waals surface area contributed by atoms with E-state index in [1.807, 2.05) is 27.7 Å². The molecule has 21 heavy (non-hydrogen) atoms. The maximum Gasteiger partial charge on any atom is 0.244 e. The molecule has 1 aromatic heterocycles. The van der Waals surface area contributed by atoms with Gasteiger partial charge in [0.2, 0.25) is 10.0 Å². The van der Waals surface area contributed by atoms with Crippen molar-refractivity contribution in [1.82, 2.24) is 9.29 Å². The molecule has 0 radical (unpaired) electrons. The minimum atomic E-state index is -3.50. The summed E-state index contributed by atoms with van der Waals surface area (Å²) in [6, 6.07) is 3.33. The standard InChI is InChI=1S/C15H27N3O2S/c1-6-13(7-2)18(11-12(3)4)21(19,20)14-8-9-15(16-5)17-10-14/h8-10,12-13H,6-7,11H2,1-5H3,(H,16,17). The second-order valence-corrected chi connectivity index (χ2v) is 7.46. The molecule has 0 amide bonds. The fourth-order valence-electron chi connectivity index (χ4n) is 2.32. The Bertz CT molecular complexity index is 522. The Hall–Kier alpha value is -1.14. The van der Waals surface area contributed by atoms with E-state index >= 15 is 0 Å². The van der Waals surface area contributed by atoms with Crippen LogP contribution in [-0.4, -0.2) is 37.3 Å². The van der Waals surface area contributed by atoms with E-state index in [0.717, 1.165) is 12.8 Å². The number of aromatic nitrogens is 1. The minimum Gasteiger partial charge on any atom is -0.373 e. The van der Waals surface area contributed by atoms with Gasteiger partial charge in [-0.2, -0.15) is 4.31 Å². The van der Waals surface area contributed by atoms with Gasteiger partial charge in [0.25, 0.3) is 0 Å². The van der Waals surface area contributed by atoms with Crippen LogP contribution in [0.2, 0.25) is 0 Å². The molecule has 0 aliphatic rings. The van der Waals surface area contributed by atoms with E-state index in [1.165, 1.54) is 6.20 Å². The third-order valence-corrected chi connectivity index (χ3v) is 5.40. The van der Waals surface area contributed by atoms with E-state index in [1.54, 1.807) is 23.5 Å². The molecule has 1 N–H and O–H groups in total. The van der Waals surface area contributed by atoms with Crippen LogP contribution < -0.4 is 5.32 Å². The van der Waals surface area contributed by atoms with Gasteiger partial charge in [0.05, 0.1) is 0 Å². The van der Waals surface area contributed by atoms with Crippen LogP contribution in [0.3, 0.4) is 0 Å². The summed E-state index contributed by atoms with van der Waals surface area (Å²) < 4.78 is 27.4. The second kappa shape index (κ2) is 7.75. The Kier molecular flexibility index (Phi) is 6.61. The van der Waals surface area contributed by atoms with Gasteiger partial charge in [-0.05, 0) is 30.9 Å². The van der Waals surface area contributed by atoms with Crippen molar-refractivity contribution in [2.24, 2.45) is 5.92 Å². The van der Waals surface area contributed by atoms with E-state index < -0.39 is 10.0 Å². The number of hydrogen-bond donors (Lipinski definition) is 1. The number of anilines is 1. The summed E-state index contributed by atoms with van der Waals surface area (Å²) in [4.78, 5) is 4.38. The summed E-state index contributed by atoms with van der Waals surface area (Å²) in [5, 5.41) is 2.89. The van der Waals surface area contributed by atoms with Crippen molar-refractivity contribution in [2.75, 3.05) is 18.9 Å². The SMILES string of the molecule is CCC(CC)N(CC(C)C)S(=O)(=O)c1ccc(NC)nc1. The Morgan fingerprint density at radius 2 is 1.86 bits per heavy atom. The maximum absolute atomic E-state index is 12.9. The Balaban J connectivity index is 3.18. The molecular formula is C15H27N3O2S. The van der Waals surface area contributed by atoms with Gasteiger partial charge in [-0.1, -0.05) is 27.7 Å². The third kappa shape index (κ3) is 4.41. The highest BCUT2D eigenvalue weighted by atomic mass is 32.2. The highest BCUT2D eigenvalue weighted by molar-refractivity contribution is 7.89. The molecule has 1 heterocycles. The van der Waals surface area contributed by atoms with E-state index in [-0.39, 0.29) is 16.9 Å². The van der Waals surface area contributed by atoms with Gasteiger partial charge in [0, 0.05) is 25.8 Å². The Morgan fingerprint density at radius 3 is 2.24 bits per heavy atom. The van der Waals surface area contributed by atoms with E-state index in [0.29, 0.717) is 12.4 Å². The zero-order valence-corrected chi connectivity index (χ0v) is 14.4. The van der Waals surface area contributed by atoms with Gasteiger partial charge < -0.3 is 5.32 Å². The van der Waals surface area contributed by atoms with Crippen LogP contribution in [0.5, 0.6) is 0 Å². The topological polar surface area (TPSA) is 62.3 Å². The van der Waals surface area contributed by atoms with Crippen LogP contribution in [0.4, 0.5) is 5.82 Å². The van der Waals surface area contributed by atoms with Gasteiger partial charge >= 0.3 is 0 Å². The maximum atomic E-state index is 12.9. The molecule has 0 saturated carbocycles. The summed E-state index contributed by atoms with van der Waals surface area (Å²) in [7, 11) is -1.75. The van der Waals surface area contributed by atoms with Gasteiger partial charge in [-0.25, -0.2) is 13.4 Å². The highest BCUT2D eigenvalue weighted by Crippen LogP contribution is 2.23. The molecule has 1 aromatic rings. The van der Waals surface area contributed by atoms with Gasteiger partial charge in [-0.3, -0.25) is 0 Å². The largest absolute Gasteiger partial charge is 0.373 e. The zero-order chi connectivity index (χ0) is 16.0. The van der Waals surface area contributed by atoms with Crippen molar-refractivity contribution in [3.05, 3.63) is 18.3 Å². The fraction of sp³-hybridized carbons (Fsp3) is 0.667. The number of nitrogens with zero attached hydrogens (tertiary/aromatic N) is 2. The van der Waals surface area contributed by atoms with Gasteiger partial charge in [0.1, 0.15) is 10.7 Å². The molecule has 0 saturated heterocycles. The molecule has 0 aliphatic carbocycles. The lowest BCUT2D eigenvalue weighted by Gasteiger charge is -2.31. The lowest BCUT2D eigenvalue weighted by atomic mass is 10.1. The second-order valence-electron chi connectivity index (χ2n) is 5.57. The summed E-state index contributed by atoms with van der Waals surface area (Å²) in [6.45, 7) is 8.65. The van der Waals surface area contributed by atoms with Crippen molar-refractivity contribution >= 4 is 15.8 Å². The average Bonchev–Trinajstić information content (AvgIpc) is 2.47. The lowest BCUT2D eigenvalue weighted by molar-refractivity contribution is 0.277. The van der Waals surface area contributed by atoms with Crippen molar-refractivity contribution in [1.29, 1.82) is 0 Å². The van der Waals surface area contributed by atoms with E-state index in [4.69, 9.17) is 0 Å². The fourth-order valence-corrected chi connectivity index (χ4v) is 4.20. The van der Waals surface area contributed by atoms with Crippen LogP contribution in [0.1, 0.15) is 40.5 Å². The van der Waals surface area contributed by atoms with Crippen LogP contribution in [-0.2, 0) is 10.0 Å². The van der Waals surface area contributed by atoms with Crippen LogP contribution in [0.25, 0.3) is 0 Å². The van der Waals surface area contributed by atoms with E-state index in [2.05, 4.69) is 10.3 Å². The molecule has 0 unspecified atom stereocenters. The molecule has 0 fully saturated rings. The summed E-state index contributed by atoms with van der Waals surface area (Å²) in [5.41, 5.74) is 0. The number of sulfonamides is 1. The Morgan fingerprint density at radius 1 is 1.24 bits per heavy atom. The molecule has 0 aliphatic heterocycles.